The van der Waals surface area contributed by atoms with Crippen molar-refractivity contribution in [2.45, 2.75) is 50.6 Å². The summed E-state index contributed by atoms with van der Waals surface area (Å²) in [5, 5.41) is 6.99. The molecule has 7 heteroatoms. The van der Waals surface area contributed by atoms with Gasteiger partial charge in [-0.1, -0.05) is 12.8 Å². The van der Waals surface area contributed by atoms with Crippen LogP contribution in [0.3, 0.4) is 0 Å². The van der Waals surface area contributed by atoms with Crippen LogP contribution in [-0.4, -0.2) is 68.0 Å². The second-order valence-corrected chi connectivity index (χ2v) is 7.73. The lowest BCUT2D eigenvalue weighted by Crippen LogP contribution is -2.46. The van der Waals surface area contributed by atoms with Gasteiger partial charge in [-0.05, 0) is 50.9 Å². The molecule has 1 unspecified atom stereocenters. The Labute approximate surface area is 162 Å². The van der Waals surface area contributed by atoms with E-state index in [9.17, 15) is 4.79 Å². The maximum absolute atomic E-state index is 12.0. The Morgan fingerprint density at radius 3 is 2.67 bits per heavy atom. The molecule has 0 spiro atoms. The molecule has 1 aromatic heterocycles. The van der Waals surface area contributed by atoms with Gasteiger partial charge in [0.1, 0.15) is 12.3 Å². The summed E-state index contributed by atoms with van der Waals surface area (Å²) < 4.78 is 5.70. The molecule has 1 amide bonds. The Hall–Kier alpha value is -2.02. The van der Waals surface area contributed by atoms with Crippen molar-refractivity contribution in [3.8, 4) is 0 Å². The van der Waals surface area contributed by atoms with E-state index in [1.54, 1.807) is 25.3 Å². The van der Waals surface area contributed by atoms with Gasteiger partial charge in [-0.25, -0.2) is 4.99 Å². The van der Waals surface area contributed by atoms with Crippen molar-refractivity contribution in [2.24, 2.45) is 4.99 Å². The average molecular weight is 376 g/mol. The molecule has 150 valence electrons. The number of likely N-dealkylation sites (tertiary alicyclic amines) is 1. The molecule has 2 aliphatic rings. The molecular formula is C20H33N5O2. The van der Waals surface area contributed by atoms with Gasteiger partial charge in [-0.2, -0.15) is 0 Å². The summed E-state index contributed by atoms with van der Waals surface area (Å²) in [4.78, 5) is 20.5. The number of hydrogen-bond acceptors (Lipinski definition) is 4. The maximum Gasteiger partial charge on any atom is 0.243 e. The normalized spacial score (nSPS) is 20.0. The van der Waals surface area contributed by atoms with Gasteiger partial charge in [0, 0.05) is 26.7 Å². The lowest BCUT2D eigenvalue weighted by atomic mass is 10.2. The molecule has 1 saturated heterocycles. The fraction of sp³-hybridized carbons (Fsp3) is 0.700. The third-order valence-electron chi connectivity index (χ3n) is 5.48. The summed E-state index contributed by atoms with van der Waals surface area (Å²) in [6.07, 6.45) is 9.03. The zero-order chi connectivity index (χ0) is 19.1. The van der Waals surface area contributed by atoms with Crippen LogP contribution in [0.1, 0.15) is 50.3 Å². The third kappa shape index (κ3) is 5.73. The highest BCUT2D eigenvalue weighted by atomic mass is 16.3. The highest BCUT2D eigenvalue weighted by Crippen LogP contribution is 2.25. The van der Waals surface area contributed by atoms with Crippen LogP contribution in [0.25, 0.3) is 0 Å². The second-order valence-electron chi connectivity index (χ2n) is 7.73. The van der Waals surface area contributed by atoms with Crippen molar-refractivity contribution in [1.29, 1.82) is 0 Å². The van der Waals surface area contributed by atoms with Crippen LogP contribution in [0.4, 0.5) is 0 Å². The minimum Gasteiger partial charge on any atom is -0.468 e. The number of rotatable bonds is 7. The number of aliphatic imine (C=N–C) groups is 1. The Morgan fingerprint density at radius 1 is 1.30 bits per heavy atom. The average Bonchev–Trinajstić information content (AvgIpc) is 3.42. The van der Waals surface area contributed by atoms with E-state index in [4.69, 9.17) is 4.42 Å². The first-order chi connectivity index (χ1) is 13.1. The van der Waals surface area contributed by atoms with Crippen molar-refractivity contribution >= 4 is 11.9 Å². The highest BCUT2D eigenvalue weighted by Gasteiger charge is 2.26. The Balaban J connectivity index is 1.65. The standard InChI is InChI=1S/C20H33N5O2/c1-24(2)19(26)15-22-20(23-16-8-3-4-9-16)21-14-17(18-10-7-13-27-18)25-11-5-6-12-25/h7,10,13,16-17H,3-6,8-9,11-12,14-15H2,1-2H3,(H2,21,22,23). The van der Waals surface area contributed by atoms with E-state index < -0.39 is 0 Å². The number of furan rings is 1. The summed E-state index contributed by atoms with van der Waals surface area (Å²) in [6.45, 7) is 3.05. The van der Waals surface area contributed by atoms with Crippen LogP contribution in [0, 0.1) is 0 Å². The second kappa shape index (κ2) is 9.78. The Morgan fingerprint density at radius 2 is 2.04 bits per heavy atom. The van der Waals surface area contributed by atoms with Crippen LogP contribution >= 0.6 is 0 Å². The molecule has 2 N–H and O–H groups in total. The van der Waals surface area contributed by atoms with Gasteiger partial charge in [0.25, 0.3) is 0 Å². The minimum absolute atomic E-state index is 0.00431. The number of carbonyl (C=O) groups excluding carboxylic acids is 1. The van der Waals surface area contributed by atoms with E-state index in [0.717, 1.165) is 37.7 Å². The summed E-state index contributed by atoms with van der Waals surface area (Å²) in [7, 11) is 3.52. The van der Waals surface area contributed by atoms with Crippen LogP contribution in [-0.2, 0) is 4.79 Å². The number of carbonyl (C=O) groups is 1. The number of guanidine groups is 1. The van der Waals surface area contributed by atoms with Crippen LogP contribution in [0.2, 0.25) is 0 Å². The number of nitrogens with zero attached hydrogens (tertiary/aromatic N) is 3. The van der Waals surface area contributed by atoms with Gasteiger partial charge >= 0.3 is 0 Å². The van der Waals surface area contributed by atoms with E-state index in [2.05, 4.69) is 20.5 Å². The highest BCUT2D eigenvalue weighted by molar-refractivity contribution is 5.85. The lowest BCUT2D eigenvalue weighted by molar-refractivity contribution is -0.127. The molecule has 1 aliphatic carbocycles. The van der Waals surface area contributed by atoms with E-state index in [1.165, 1.54) is 25.7 Å². The molecule has 1 atom stereocenters. The molecule has 1 aliphatic heterocycles. The first-order valence-corrected chi connectivity index (χ1v) is 10.2. The molecular weight excluding hydrogens is 342 g/mol. The summed E-state index contributed by atoms with van der Waals surface area (Å²) in [5.74, 6) is 1.71. The van der Waals surface area contributed by atoms with Gasteiger partial charge in [0.05, 0.1) is 12.3 Å². The zero-order valence-corrected chi connectivity index (χ0v) is 16.6. The third-order valence-corrected chi connectivity index (χ3v) is 5.48. The van der Waals surface area contributed by atoms with Gasteiger partial charge in [0.15, 0.2) is 5.96 Å². The Bertz CT molecular complexity index is 602. The summed E-state index contributed by atoms with van der Waals surface area (Å²) in [6, 6.07) is 4.61. The number of likely N-dealkylation sites (N-methyl/N-ethyl adjacent to an activating group) is 1. The first-order valence-electron chi connectivity index (χ1n) is 10.2. The minimum atomic E-state index is 0.00431. The lowest BCUT2D eigenvalue weighted by Gasteiger charge is -2.27. The molecule has 0 radical (unpaired) electrons. The molecule has 7 nitrogen and oxygen atoms in total. The summed E-state index contributed by atoms with van der Waals surface area (Å²) >= 11 is 0. The molecule has 2 fully saturated rings. The van der Waals surface area contributed by atoms with Crippen molar-refractivity contribution in [2.75, 3.05) is 40.3 Å². The molecule has 0 aromatic carbocycles. The smallest absolute Gasteiger partial charge is 0.243 e. The maximum atomic E-state index is 12.0. The Kier molecular flexibility index (Phi) is 7.15. The SMILES string of the molecule is CN(C)C(=O)CN=C(NCC(c1ccco1)N1CCCC1)NC1CCCC1. The van der Waals surface area contributed by atoms with Crippen molar-refractivity contribution < 1.29 is 9.21 Å². The largest absolute Gasteiger partial charge is 0.468 e. The molecule has 1 aromatic rings. The van der Waals surface area contributed by atoms with E-state index >= 15 is 0 Å². The van der Waals surface area contributed by atoms with Crippen molar-refractivity contribution in [3.63, 3.8) is 0 Å². The van der Waals surface area contributed by atoms with E-state index in [1.807, 2.05) is 12.1 Å². The van der Waals surface area contributed by atoms with Gasteiger partial charge in [-0.15, -0.1) is 0 Å². The summed E-state index contributed by atoms with van der Waals surface area (Å²) in [5.41, 5.74) is 0. The van der Waals surface area contributed by atoms with E-state index in [-0.39, 0.29) is 18.5 Å². The molecule has 2 heterocycles. The molecule has 27 heavy (non-hydrogen) atoms. The van der Waals surface area contributed by atoms with Gasteiger partial charge < -0.3 is 20.0 Å². The van der Waals surface area contributed by atoms with Crippen LogP contribution in [0.5, 0.6) is 0 Å². The molecule has 3 rings (SSSR count). The molecule has 0 bridgehead atoms. The van der Waals surface area contributed by atoms with Crippen LogP contribution < -0.4 is 10.6 Å². The fourth-order valence-electron chi connectivity index (χ4n) is 3.84. The predicted octanol–water partition coefficient (Wildman–Crippen LogP) is 1.98. The predicted molar refractivity (Wildman–Crippen MR) is 107 cm³/mol. The number of amides is 1. The first kappa shape index (κ1) is 19.7. The van der Waals surface area contributed by atoms with Crippen molar-refractivity contribution in [3.05, 3.63) is 24.2 Å². The zero-order valence-electron chi connectivity index (χ0n) is 16.6. The molecule has 1 saturated carbocycles. The van der Waals surface area contributed by atoms with Crippen molar-refractivity contribution in [1.82, 2.24) is 20.4 Å². The van der Waals surface area contributed by atoms with Gasteiger partial charge in [-0.3, -0.25) is 9.69 Å². The van der Waals surface area contributed by atoms with E-state index in [0.29, 0.717) is 12.6 Å². The van der Waals surface area contributed by atoms with Crippen LogP contribution in [0.15, 0.2) is 27.8 Å². The number of hydrogen-bond donors (Lipinski definition) is 2. The monoisotopic (exact) mass is 375 g/mol. The topological polar surface area (TPSA) is 73.1 Å². The quantitative estimate of drug-likeness (QED) is 0.563. The fourth-order valence-corrected chi connectivity index (χ4v) is 3.84. The van der Waals surface area contributed by atoms with Gasteiger partial charge in [0.2, 0.25) is 5.91 Å². The number of nitrogens with one attached hydrogen (secondary N) is 2.